The van der Waals surface area contributed by atoms with Crippen LogP contribution in [0.5, 0.6) is 0 Å². The van der Waals surface area contributed by atoms with E-state index < -0.39 is 0 Å². The number of aryl methyl sites for hydroxylation is 1. The molecule has 0 amide bonds. The van der Waals surface area contributed by atoms with Gasteiger partial charge in [-0.3, -0.25) is 10.1 Å². The summed E-state index contributed by atoms with van der Waals surface area (Å²) in [5.41, 5.74) is 1.85. The Kier molecular flexibility index (Phi) is 4.37. The Hall–Kier alpha value is -1.62. The monoisotopic (exact) mass is 263 g/mol. The Morgan fingerprint density at radius 1 is 1.53 bits per heavy atom. The predicted molar refractivity (Wildman–Crippen MR) is 76.7 cm³/mol. The van der Waals surface area contributed by atoms with E-state index in [1.54, 1.807) is 13.0 Å². The topological polar surface area (TPSA) is 58.4 Å². The summed E-state index contributed by atoms with van der Waals surface area (Å²) in [6.07, 6.45) is 2.40. The molecule has 1 heterocycles. The molecule has 1 aliphatic rings. The second-order valence-corrected chi connectivity index (χ2v) is 5.06. The highest BCUT2D eigenvalue weighted by atomic mass is 16.6. The molecule has 1 unspecified atom stereocenters. The number of hydrogen-bond acceptors (Lipinski definition) is 4. The minimum absolute atomic E-state index is 0.204. The lowest BCUT2D eigenvalue weighted by atomic mass is 10.1. The van der Waals surface area contributed by atoms with E-state index in [1.165, 1.54) is 12.8 Å². The van der Waals surface area contributed by atoms with Crippen molar-refractivity contribution in [2.24, 2.45) is 0 Å². The van der Waals surface area contributed by atoms with Crippen LogP contribution < -0.4 is 10.2 Å². The fourth-order valence-corrected chi connectivity index (χ4v) is 2.59. The van der Waals surface area contributed by atoms with Crippen molar-refractivity contribution in [2.45, 2.75) is 32.7 Å². The fourth-order valence-electron chi connectivity index (χ4n) is 2.59. The van der Waals surface area contributed by atoms with Crippen molar-refractivity contribution in [1.82, 2.24) is 5.32 Å². The molecule has 1 saturated heterocycles. The van der Waals surface area contributed by atoms with Crippen LogP contribution in [0.25, 0.3) is 0 Å². The van der Waals surface area contributed by atoms with E-state index in [0.717, 1.165) is 25.3 Å². The molecule has 1 aliphatic heterocycles. The van der Waals surface area contributed by atoms with Crippen LogP contribution in [0.2, 0.25) is 0 Å². The van der Waals surface area contributed by atoms with E-state index >= 15 is 0 Å². The van der Waals surface area contributed by atoms with Gasteiger partial charge in [-0.05, 0) is 39.3 Å². The van der Waals surface area contributed by atoms with Gasteiger partial charge in [-0.2, -0.15) is 0 Å². The molecule has 5 heteroatoms. The second-order valence-electron chi connectivity index (χ2n) is 5.06. The first kappa shape index (κ1) is 13.8. The summed E-state index contributed by atoms with van der Waals surface area (Å²) in [7, 11) is 0. The summed E-state index contributed by atoms with van der Waals surface area (Å²) in [6.45, 7) is 6.71. The number of hydrogen-bond donors (Lipinski definition) is 1. The minimum Gasteiger partial charge on any atom is -0.370 e. The van der Waals surface area contributed by atoms with Gasteiger partial charge in [0, 0.05) is 36.4 Å². The minimum atomic E-state index is -0.305. The maximum atomic E-state index is 11.0. The van der Waals surface area contributed by atoms with E-state index in [2.05, 4.69) is 17.1 Å². The second kappa shape index (κ2) is 6.02. The first-order valence-electron chi connectivity index (χ1n) is 6.85. The van der Waals surface area contributed by atoms with Crippen LogP contribution in [0, 0.1) is 17.0 Å². The number of benzene rings is 1. The van der Waals surface area contributed by atoms with Crippen LogP contribution in [0.3, 0.4) is 0 Å². The molecule has 1 N–H and O–H groups in total. The Morgan fingerprint density at radius 2 is 2.32 bits per heavy atom. The molecule has 0 bridgehead atoms. The number of likely N-dealkylation sites (N-methyl/N-ethyl adjacent to an activating group) is 1. The van der Waals surface area contributed by atoms with Gasteiger partial charge in [-0.1, -0.05) is 6.07 Å². The number of nitrogens with one attached hydrogen (secondary N) is 1. The van der Waals surface area contributed by atoms with Gasteiger partial charge in [0.1, 0.15) is 0 Å². The third kappa shape index (κ3) is 3.23. The van der Waals surface area contributed by atoms with Crippen molar-refractivity contribution in [1.29, 1.82) is 0 Å². The van der Waals surface area contributed by atoms with Crippen LogP contribution in [0.1, 0.15) is 25.3 Å². The summed E-state index contributed by atoms with van der Waals surface area (Å²) in [5.74, 6) is 0. The van der Waals surface area contributed by atoms with Crippen molar-refractivity contribution in [2.75, 3.05) is 24.5 Å². The standard InChI is InChI=1S/C14H21N3O2/c1-3-16(10-12-5-4-8-15-12)13-7-6-11(2)14(9-13)17(18)19/h6-7,9,12,15H,3-5,8,10H2,1-2H3. The van der Waals surface area contributed by atoms with Crippen LogP contribution in [0.15, 0.2) is 18.2 Å². The molecule has 1 atom stereocenters. The van der Waals surface area contributed by atoms with Crippen molar-refractivity contribution in [3.05, 3.63) is 33.9 Å². The third-order valence-corrected chi connectivity index (χ3v) is 3.74. The fraction of sp³-hybridized carbons (Fsp3) is 0.571. The van der Waals surface area contributed by atoms with Gasteiger partial charge in [-0.25, -0.2) is 0 Å². The first-order valence-corrected chi connectivity index (χ1v) is 6.85. The molecule has 0 radical (unpaired) electrons. The molecule has 0 aliphatic carbocycles. The number of rotatable bonds is 5. The summed E-state index contributed by atoms with van der Waals surface area (Å²) in [6, 6.07) is 5.99. The molecule has 5 nitrogen and oxygen atoms in total. The van der Waals surface area contributed by atoms with Crippen LogP contribution in [-0.4, -0.2) is 30.6 Å². The molecule has 0 saturated carbocycles. The Labute approximate surface area is 113 Å². The van der Waals surface area contributed by atoms with Crippen molar-refractivity contribution in [3.63, 3.8) is 0 Å². The number of nitrogens with zero attached hydrogens (tertiary/aromatic N) is 2. The first-order chi connectivity index (χ1) is 9.11. The number of anilines is 1. The quantitative estimate of drug-likeness (QED) is 0.655. The average molecular weight is 263 g/mol. The molecule has 1 aromatic carbocycles. The predicted octanol–water partition coefficient (Wildman–Crippen LogP) is 2.48. The van der Waals surface area contributed by atoms with Gasteiger partial charge in [0.05, 0.1) is 4.92 Å². The SMILES string of the molecule is CCN(CC1CCCN1)c1ccc(C)c([N+](=O)[O-])c1. The van der Waals surface area contributed by atoms with Crippen LogP contribution >= 0.6 is 0 Å². The van der Waals surface area contributed by atoms with E-state index in [4.69, 9.17) is 0 Å². The zero-order valence-corrected chi connectivity index (χ0v) is 11.6. The normalized spacial score (nSPS) is 18.5. The molecular formula is C14H21N3O2. The largest absolute Gasteiger partial charge is 0.370 e. The summed E-state index contributed by atoms with van der Waals surface area (Å²) >= 11 is 0. The maximum Gasteiger partial charge on any atom is 0.274 e. The summed E-state index contributed by atoms with van der Waals surface area (Å²) in [5, 5.41) is 14.5. The molecule has 1 aromatic rings. The third-order valence-electron chi connectivity index (χ3n) is 3.74. The Morgan fingerprint density at radius 3 is 2.89 bits per heavy atom. The van der Waals surface area contributed by atoms with E-state index in [1.807, 2.05) is 12.1 Å². The number of nitro benzene ring substituents is 1. The van der Waals surface area contributed by atoms with Crippen molar-refractivity contribution >= 4 is 11.4 Å². The summed E-state index contributed by atoms with van der Waals surface area (Å²) < 4.78 is 0. The lowest BCUT2D eigenvalue weighted by Crippen LogP contribution is -2.37. The average Bonchev–Trinajstić information content (AvgIpc) is 2.89. The smallest absolute Gasteiger partial charge is 0.274 e. The molecule has 104 valence electrons. The molecular weight excluding hydrogens is 242 g/mol. The van der Waals surface area contributed by atoms with Crippen molar-refractivity contribution in [3.8, 4) is 0 Å². The molecule has 2 rings (SSSR count). The van der Waals surface area contributed by atoms with E-state index in [-0.39, 0.29) is 10.6 Å². The van der Waals surface area contributed by atoms with Gasteiger partial charge in [-0.15, -0.1) is 0 Å². The molecule has 19 heavy (non-hydrogen) atoms. The zero-order valence-electron chi connectivity index (χ0n) is 11.6. The lowest BCUT2D eigenvalue weighted by Gasteiger charge is -2.26. The molecule has 0 aromatic heterocycles. The van der Waals surface area contributed by atoms with Crippen LogP contribution in [0.4, 0.5) is 11.4 Å². The highest BCUT2D eigenvalue weighted by molar-refractivity contribution is 5.56. The van der Waals surface area contributed by atoms with Gasteiger partial charge in [0.15, 0.2) is 0 Å². The molecule has 0 spiro atoms. The van der Waals surface area contributed by atoms with Crippen LogP contribution in [-0.2, 0) is 0 Å². The van der Waals surface area contributed by atoms with E-state index in [0.29, 0.717) is 11.6 Å². The highest BCUT2D eigenvalue weighted by Gasteiger charge is 2.19. The maximum absolute atomic E-state index is 11.0. The summed E-state index contributed by atoms with van der Waals surface area (Å²) in [4.78, 5) is 12.9. The van der Waals surface area contributed by atoms with E-state index in [9.17, 15) is 10.1 Å². The highest BCUT2D eigenvalue weighted by Crippen LogP contribution is 2.25. The zero-order chi connectivity index (χ0) is 13.8. The van der Waals surface area contributed by atoms with Gasteiger partial charge in [0.2, 0.25) is 0 Å². The lowest BCUT2D eigenvalue weighted by molar-refractivity contribution is -0.385. The van der Waals surface area contributed by atoms with Crippen molar-refractivity contribution < 1.29 is 4.92 Å². The number of nitro groups is 1. The Balaban J connectivity index is 2.17. The van der Waals surface area contributed by atoms with Gasteiger partial charge < -0.3 is 10.2 Å². The Bertz CT molecular complexity index is 456. The molecule has 1 fully saturated rings. The van der Waals surface area contributed by atoms with Gasteiger partial charge >= 0.3 is 0 Å². The van der Waals surface area contributed by atoms with Gasteiger partial charge in [0.25, 0.3) is 5.69 Å².